The molecule has 11 aromatic carbocycles. The molecule has 2 aliphatic rings. The first-order chi connectivity index (χ1) is 35.8. The van der Waals surface area contributed by atoms with E-state index in [9.17, 15) is 0 Å². The molecule has 0 bridgehead atoms. The van der Waals surface area contributed by atoms with E-state index < -0.39 is 8.07 Å². The van der Waals surface area contributed by atoms with Crippen molar-refractivity contribution < 1.29 is 4.42 Å². The summed E-state index contributed by atoms with van der Waals surface area (Å²) < 4.78 is 9.19. The van der Waals surface area contributed by atoms with Crippen LogP contribution >= 0.6 is 0 Å². The molecule has 0 N–H and O–H groups in total. The van der Waals surface area contributed by atoms with Crippen LogP contribution in [-0.2, 0) is 0 Å². The number of rotatable bonds is 8. The number of anilines is 6. The fourth-order valence-electron chi connectivity index (χ4n) is 12.6. The highest BCUT2D eigenvalue weighted by molar-refractivity contribution is 7.20. The average molecular weight is 934 g/mol. The number of fused-ring (bicyclic) bond motifs is 11. The predicted octanol–water partition coefficient (Wildman–Crippen LogP) is 12.1. The molecule has 0 spiro atoms. The fourth-order valence-corrected chi connectivity index (χ4v) is 17.4. The lowest BCUT2D eigenvalue weighted by Gasteiger charge is -2.42. The second-order valence-corrected chi connectivity index (χ2v) is 22.9. The summed E-state index contributed by atoms with van der Waals surface area (Å²) in [6, 6.07) is 99.0. The maximum Gasteiger partial charge on any atom is 0.252 e. The van der Waals surface area contributed by atoms with Crippen molar-refractivity contribution in [3.05, 3.63) is 267 Å². The van der Waals surface area contributed by atoms with E-state index in [1.165, 1.54) is 64.8 Å². The first-order valence-electron chi connectivity index (χ1n) is 24.9. The third-order valence-corrected chi connectivity index (χ3v) is 20.2. The molecule has 15 rings (SSSR count). The Hall–Kier alpha value is -9.10. The van der Waals surface area contributed by atoms with Crippen molar-refractivity contribution in [2.45, 2.75) is 0 Å². The summed E-state index contributed by atoms with van der Waals surface area (Å²) in [5, 5.41) is 10.1. The van der Waals surface area contributed by atoms with Gasteiger partial charge < -0.3 is 18.8 Å². The van der Waals surface area contributed by atoms with E-state index in [1.807, 2.05) is 0 Å². The lowest BCUT2D eigenvalue weighted by atomic mass is 9.34. The van der Waals surface area contributed by atoms with Gasteiger partial charge in [0.25, 0.3) is 6.71 Å². The highest BCUT2D eigenvalue weighted by Gasteiger charge is 2.46. The van der Waals surface area contributed by atoms with Gasteiger partial charge in [0.1, 0.15) is 11.2 Å². The van der Waals surface area contributed by atoms with Crippen molar-refractivity contribution in [1.29, 1.82) is 0 Å². The first-order valence-corrected chi connectivity index (χ1v) is 26.9. The van der Waals surface area contributed by atoms with Crippen LogP contribution in [0.3, 0.4) is 0 Å². The molecule has 4 nitrogen and oxygen atoms in total. The van der Waals surface area contributed by atoms with E-state index in [1.54, 1.807) is 0 Å². The molecule has 0 aliphatic carbocycles. The van der Waals surface area contributed by atoms with Gasteiger partial charge in [0.05, 0.1) is 11.2 Å². The van der Waals surface area contributed by atoms with Gasteiger partial charge in [-0.05, 0) is 110 Å². The summed E-state index contributed by atoms with van der Waals surface area (Å²) in [4.78, 5) is 4.99. The zero-order chi connectivity index (χ0) is 47.3. The summed E-state index contributed by atoms with van der Waals surface area (Å²) in [5.74, 6) is 0. The molecule has 0 amide bonds. The van der Waals surface area contributed by atoms with Crippen LogP contribution in [0.25, 0.3) is 49.4 Å². The molecule has 336 valence electrons. The number of aromatic nitrogens is 1. The van der Waals surface area contributed by atoms with Gasteiger partial charge in [-0.3, -0.25) is 0 Å². The largest absolute Gasteiger partial charge is 0.456 e. The highest BCUT2D eigenvalue weighted by atomic mass is 28.3. The minimum atomic E-state index is -2.95. The lowest BCUT2D eigenvalue weighted by Crippen LogP contribution is -2.75. The molecule has 0 fully saturated rings. The molecule has 4 heterocycles. The molecule has 0 radical (unpaired) electrons. The summed E-state index contributed by atoms with van der Waals surface area (Å²) in [6.07, 6.45) is 0. The zero-order valence-corrected chi connectivity index (χ0v) is 40.2. The minimum absolute atomic E-state index is 0.0756. The van der Waals surface area contributed by atoms with Crippen LogP contribution in [-0.4, -0.2) is 19.4 Å². The summed E-state index contributed by atoms with van der Waals surface area (Å²) in [6.45, 7) is -0.0756. The van der Waals surface area contributed by atoms with E-state index in [2.05, 4.69) is 281 Å². The number of benzene rings is 11. The number of nitrogens with zero attached hydrogens (tertiary/aromatic N) is 3. The third kappa shape index (κ3) is 5.81. The van der Waals surface area contributed by atoms with Crippen LogP contribution < -0.4 is 46.9 Å². The quantitative estimate of drug-likeness (QED) is 0.112. The van der Waals surface area contributed by atoms with Crippen molar-refractivity contribution in [3.8, 4) is 5.69 Å². The van der Waals surface area contributed by atoms with Gasteiger partial charge in [-0.25, -0.2) is 0 Å². The second kappa shape index (κ2) is 16.0. The van der Waals surface area contributed by atoms with E-state index in [0.717, 1.165) is 55.9 Å². The molecule has 2 aliphatic heterocycles. The van der Waals surface area contributed by atoms with Crippen molar-refractivity contribution in [1.82, 2.24) is 4.57 Å². The van der Waals surface area contributed by atoms with Crippen molar-refractivity contribution in [2.24, 2.45) is 0 Å². The predicted molar refractivity (Wildman–Crippen MR) is 306 cm³/mol. The Labute approximate surface area is 419 Å². The Morgan fingerprint density at radius 1 is 0.375 bits per heavy atom. The first kappa shape index (κ1) is 40.8. The van der Waals surface area contributed by atoms with Crippen LogP contribution in [0, 0.1) is 0 Å². The Morgan fingerprint density at radius 3 is 1.57 bits per heavy atom. The van der Waals surface area contributed by atoms with Crippen LogP contribution in [0.4, 0.5) is 34.1 Å². The SMILES string of the molecule is c1ccc(N(c2ccccc2)c2cc3c4c(c2)-n2c5ccc6oc7ccccc7c6c5c5cccc(c52)B4c2ccc([Si](c4ccccc4)(c4ccccc4)c4ccccc4)cc2N3c2ccccc2)cc1. The summed E-state index contributed by atoms with van der Waals surface area (Å²) in [5.41, 5.74) is 16.0. The molecule has 0 atom stereocenters. The highest BCUT2D eigenvalue weighted by Crippen LogP contribution is 2.47. The average Bonchev–Trinajstić information content (AvgIpc) is 4.00. The molecule has 0 unspecified atom stereocenters. The Kier molecular flexibility index (Phi) is 9.04. The topological polar surface area (TPSA) is 24.6 Å². The number of para-hydroxylation sites is 5. The van der Waals surface area contributed by atoms with E-state index in [4.69, 9.17) is 4.42 Å². The van der Waals surface area contributed by atoms with Crippen molar-refractivity contribution in [3.63, 3.8) is 0 Å². The van der Waals surface area contributed by atoms with Crippen LogP contribution in [0.2, 0.25) is 0 Å². The van der Waals surface area contributed by atoms with E-state index in [-0.39, 0.29) is 6.71 Å². The molecule has 2 aromatic heterocycles. The fraction of sp³-hybridized carbons (Fsp3) is 0. The van der Waals surface area contributed by atoms with Gasteiger partial charge in [0.2, 0.25) is 0 Å². The number of hydrogen-bond donors (Lipinski definition) is 0. The number of furan rings is 1. The van der Waals surface area contributed by atoms with Crippen LogP contribution in [0.15, 0.2) is 271 Å². The maximum absolute atomic E-state index is 6.61. The third-order valence-electron chi connectivity index (χ3n) is 15.5. The van der Waals surface area contributed by atoms with Crippen LogP contribution in [0.5, 0.6) is 0 Å². The number of hydrogen-bond acceptors (Lipinski definition) is 3. The van der Waals surface area contributed by atoms with E-state index in [0.29, 0.717) is 0 Å². The smallest absolute Gasteiger partial charge is 0.252 e. The van der Waals surface area contributed by atoms with E-state index >= 15 is 0 Å². The molecule has 0 saturated carbocycles. The molecular formula is C66H44BN3OSi. The normalized spacial score (nSPS) is 12.7. The maximum atomic E-state index is 6.61. The Bertz CT molecular complexity index is 4080. The van der Waals surface area contributed by atoms with Gasteiger partial charge in [-0.15, -0.1) is 0 Å². The van der Waals surface area contributed by atoms with Gasteiger partial charge in [-0.2, -0.15) is 0 Å². The van der Waals surface area contributed by atoms with Gasteiger partial charge in [0, 0.05) is 61.2 Å². The molecule has 6 heteroatoms. The summed E-state index contributed by atoms with van der Waals surface area (Å²) >= 11 is 0. The Balaban J connectivity index is 1.10. The standard InChI is InChI=1S/C66H44BN3OSi/c1-7-22-45(23-8-1)68(46-24-9-2-10-25-46)48-42-59-65-60(43-48)70-57-40-41-62-64(53-34-19-20-37-61(53)71-62)63(57)54-35-21-36-56(66(54)70)67(65)55-39-38-52(44-58(55)69(59)47-26-11-3-12-27-47)72(49-28-13-4-14-29-49,50-30-15-5-16-31-50)51-32-17-6-18-33-51/h1-44H. The summed E-state index contributed by atoms with van der Waals surface area (Å²) in [7, 11) is -2.95. The molecule has 13 aromatic rings. The Morgan fingerprint density at radius 2 is 0.931 bits per heavy atom. The zero-order valence-electron chi connectivity index (χ0n) is 39.2. The van der Waals surface area contributed by atoms with Crippen molar-refractivity contribution >= 4 is 130 Å². The molecule has 72 heavy (non-hydrogen) atoms. The monoisotopic (exact) mass is 933 g/mol. The minimum Gasteiger partial charge on any atom is -0.456 e. The van der Waals surface area contributed by atoms with Crippen molar-refractivity contribution in [2.75, 3.05) is 9.80 Å². The second-order valence-electron chi connectivity index (χ2n) is 19.1. The van der Waals surface area contributed by atoms with Gasteiger partial charge in [0.15, 0.2) is 8.07 Å². The lowest BCUT2D eigenvalue weighted by molar-refractivity contribution is 0.669. The van der Waals surface area contributed by atoms with Crippen LogP contribution in [0.1, 0.15) is 0 Å². The van der Waals surface area contributed by atoms with Gasteiger partial charge in [-0.1, -0.05) is 194 Å². The molecular weight excluding hydrogens is 890 g/mol. The molecule has 0 saturated heterocycles. The van der Waals surface area contributed by atoms with Gasteiger partial charge >= 0.3 is 0 Å².